The Morgan fingerprint density at radius 2 is 1.77 bits per heavy atom. The van der Waals surface area contributed by atoms with Crippen molar-refractivity contribution < 1.29 is 36.3 Å². The molecular formula is C20H18ClF2NO6S. The van der Waals surface area contributed by atoms with Gasteiger partial charge in [-0.25, -0.2) is 22.0 Å². The minimum atomic E-state index is -3.89. The van der Waals surface area contributed by atoms with Gasteiger partial charge in [0.1, 0.15) is 0 Å². The summed E-state index contributed by atoms with van der Waals surface area (Å²) in [5, 5.41) is -0.0709. The van der Waals surface area contributed by atoms with Crippen LogP contribution in [0.15, 0.2) is 41.3 Å². The number of hydrogen-bond donors (Lipinski definition) is 0. The standard InChI is InChI=1S/C20H18ClF2NO6S/c1-12(19(25)13-2-5-17(22)18(23)10-13)30-20(26)15-11-14(3-4-16(15)21)31(27,28)24-6-8-29-9-7-24/h2-5,10-12H,6-9H2,1H3. The Morgan fingerprint density at radius 1 is 1.10 bits per heavy atom. The summed E-state index contributed by atoms with van der Waals surface area (Å²) in [6, 6.07) is 6.13. The number of ketones is 1. The summed E-state index contributed by atoms with van der Waals surface area (Å²) in [4.78, 5) is 24.8. The largest absolute Gasteiger partial charge is 0.451 e. The molecule has 1 saturated heterocycles. The van der Waals surface area contributed by atoms with E-state index in [0.29, 0.717) is 6.07 Å². The molecule has 2 aromatic rings. The number of Topliss-reactive ketones (excluding diaryl/α,β-unsaturated/α-hetero) is 1. The summed E-state index contributed by atoms with van der Waals surface area (Å²) in [6.45, 7) is 2.11. The fourth-order valence-electron chi connectivity index (χ4n) is 2.92. The summed E-state index contributed by atoms with van der Waals surface area (Å²) in [5.41, 5.74) is -0.435. The minimum absolute atomic E-state index is 0.0709. The molecule has 2 aromatic carbocycles. The highest BCUT2D eigenvalue weighted by molar-refractivity contribution is 7.89. The van der Waals surface area contributed by atoms with E-state index in [2.05, 4.69) is 0 Å². The number of rotatable bonds is 6. The van der Waals surface area contributed by atoms with Crippen LogP contribution in [-0.2, 0) is 19.5 Å². The molecule has 1 unspecified atom stereocenters. The molecule has 0 N–H and O–H groups in total. The summed E-state index contributed by atoms with van der Waals surface area (Å²) < 4.78 is 63.5. The molecule has 0 aromatic heterocycles. The van der Waals surface area contributed by atoms with E-state index in [1.54, 1.807) is 0 Å². The molecule has 0 radical (unpaired) electrons. The second-order valence-electron chi connectivity index (χ2n) is 6.70. The second-order valence-corrected chi connectivity index (χ2v) is 9.04. The van der Waals surface area contributed by atoms with E-state index < -0.39 is 39.5 Å². The Balaban J connectivity index is 1.80. The zero-order chi connectivity index (χ0) is 22.8. The minimum Gasteiger partial charge on any atom is -0.451 e. The van der Waals surface area contributed by atoms with Gasteiger partial charge in [0.25, 0.3) is 0 Å². The molecule has 7 nitrogen and oxygen atoms in total. The summed E-state index contributed by atoms with van der Waals surface area (Å²) in [5.74, 6) is -4.13. The molecule has 1 heterocycles. The molecule has 1 atom stereocenters. The van der Waals surface area contributed by atoms with E-state index in [1.807, 2.05) is 0 Å². The van der Waals surface area contributed by atoms with E-state index in [0.717, 1.165) is 18.2 Å². The van der Waals surface area contributed by atoms with Crippen molar-refractivity contribution in [2.24, 2.45) is 0 Å². The van der Waals surface area contributed by atoms with Gasteiger partial charge in [0, 0.05) is 18.7 Å². The topological polar surface area (TPSA) is 90.0 Å². The maximum Gasteiger partial charge on any atom is 0.340 e. The first-order valence-corrected chi connectivity index (χ1v) is 11.0. The zero-order valence-corrected chi connectivity index (χ0v) is 17.9. The van der Waals surface area contributed by atoms with Crippen molar-refractivity contribution in [3.63, 3.8) is 0 Å². The first kappa shape index (κ1) is 23.3. The van der Waals surface area contributed by atoms with Crippen LogP contribution in [0.2, 0.25) is 5.02 Å². The quantitative estimate of drug-likeness (QED) is 0.473. The van der Waals surface area contributed by atoms with Crippen LogP contribution in [0.3, 0.4) is 0 Å². The van der Waals surface area contributed by atoms with Crippen molar-refractivity contribution in [1.82, 2.24) is 4.31 Å². The Labute approximate surface area is 182 Å². The molecule has 166 valence electrons. The number of benzene rings is 2. The molecule has 31 heavy (non-hydrogen) atoms. The predicted octanol–water partition coefficient (Wildman–Crippen LogP) is 3.07. The van der Waals surface area contributed by atoms with Gasteiger partial charge in [-0.3, -0.25) is 4.79 Å². The Morgan fingerprint density at radius 3 is 2.42 bits per heavy atom. The van der Waals surface area contributed by atoms with E-state index in [-0.39, 0.29) is 47.3 Å². The maximum absolute atomic E-state index is 13.4. The lowest BCUT2D eigenvalue weighted by Gasteiger charge is -2.26. The number of carbonyl (C=O) groups is 2. The van der Waals surface area contributed by atoms with Gasteiger partial charge in [0.05, 0.1) is 28.7 Å². The third kappa shape index (κ3) is 5.09. The fraction of sp³-hybridized carbons (Fsp3) is 0.300. The van der Waals surface area contributed by atoms with Gasteiger partial charge in [-0.2, -0.15) is 4.31 Å². The molecule has 3 rings (SSSR count). The van der Waals surface area contributed by atoms with E-state index in [4.69, 9.17) is 21.1 Å². The van der Waals surface area contributed by atoms with Crippen molar-refractivity contribution in [1.29, 1.82) is 0 Å². The first-order valence-electron chi connectivity index (χ1n) is 9.19. The average Bonchev–Trinajstić information content (AvgIpc) is 2.75. The Kier molecular flexibility index (Phi) is 7.05. The monoisotopic (exact) mass is 473 g/mol. The van der Waals surface area contributed by atoms with Crippen molar-refractivity contribution in [3.05, 3.63) is 64.2 Å². The fourth-order valence-corrected chi connectivity index (χ4v) is 4.55. The average molecular weight is 474 g/mol. The van der Waals surface area contributed by atoms with Crippen LogP contribution in [0.5, 0.6) is 0 Å². The Bertz CT molecular complexity index is 1120. The van der Waals surface area contributed by atoms with Gasteiger partial charge in [-0.15, -0.1) is 0 Å². The molecule has 1 aliphatic rings. The number of nitrogens with zero attached hydrogens (tertiary/aromatic N) is 1. The van der Waals surface area contributed by atoms with Crippen LogP contribution in [-0.4, -0.2) is 56.9 Å². The Hall–Kier alpha value is -2.40. The SMILES string of the molecule is CC(OC(=O)c1cc(S(=O)(=O)N2CCOCC2)ccc1Cl)C(=O)c1ccc(F)c(F)c1. The van der Waals surface area contributed by atoms with E-state index >= 15 is 0 Å². The lowest BCUT2D eigenvalue weighted by Crippen LogP contribution is -2.40. The van der Waals surface area contributed by atoms with E-state index in [1.165, 1.54) is 23.4 Å². The van der Waals surface area contributed by atoms with Gasteiger partial charge in [0.2, 0.25) is 15.8 Å². The lowest BCUT2D eigenvalue weighted by atomic mass is 10.1. The molecule has 1 aliphatic heterocycles. The zero-order valence-electron chi connectivity index (χ0n) is 16.3. The van der Waals surface area contributed by atoms with Crippen LogP contribution in [0.25, 0.3) is 0 Å². The third-order valence-electron chi connectivity index (χ3n) is 4.62. The highest BCUT2D eigenvalue weighted by Gasteiger charge is 2.29. The molecule has 11 heteroatoms. The van der Waals surface area contributed by atoms with Crippen molar-refractivity contribution in [2.45, 2.75) is 17.9 Å². The summed E-state index contributed by atoms with van der Waals surface area (Å²) >= 11 is 6.04. The second kappa shape index (κ2) is 9.39. The molecular weight excluding hydrogens is 456 g/mol. The number of carbonyl (C=O) groups excluding carboxylic acids is 2. The van der Waals surface area contributed by atoms with Crippen LogP contribution >= 0.6 is 11.6 Å². The molecule has 0 amide bonds. The van der Waals surface area contributed by atoms with Gasteiger partial charge in [-0.1, -0.05) is 11.6 Å². The number of morpholine rings is 1. The number of esters is 1. The van der Waals surface area contributed by atoms with Gasteiger partial charge < -0.3 is 9.47 Å². The number of ether oxygens (including phenoxy) is 2. The van der Waals surface area contributed by atoms with Crippen molar-refractivity contribution in [2.75, 3.05) is 26.3 Å². The molecule has 0 saturated carbocycles. The normalized spacial score (nSPS) is 16.0. The molecule has 0 aliphatic carbocycles. The summed E-state index contributed by atoms with van der Waals surface area (Å²) in [6.07, 6.45) is -1.35. The van der Waals surface area contributed by atoms with Crippen LogP contribution in [0.1, 0.15) is 27.6 Å². The number of halogens is 3. The van der Waals surface area contributed by atoms with Crippen LogP contribution in [0, 0.1) is 11.6 Å². The van der Waals surface area contributed by atoms with E-state index in [9.17, 15) is 26.8 Å². The molecule has 0 bridgehead atoms. The van der Waals surface area contributed by atoms with Gasteiger partial charge >= 0.3 is 5.97 Å². The first-order chi connectivity index (χ1) is 14.6. The van der Waals surface area contributed by atoms with Crippen LogP contribution < -0.4 is 0 Å². The highest BCUT2D eigenvalue weighted by atomic mass is 35.5. The smallest absolute Gasteiger partial charge is 0.340 e. The lowest BCUT2D eigenvalue weighted by molar-refractivity contribution is 0.0318. The number of sulfonamides is 1. The maximum atomic E-state index is 13.4. The highest BCUT2D eigenvalue weighted by Crippen LogP contribution is 2.25. The third-order valence-corrected chi connectivity index (χ3v) is 6.85. The van der Waals surface area contributed by atoms with Crippen molar-refractivity contribution in [3.8, 4) is 0 Å². The predicted molar refractivity (Wildman–Crippen MR) is 107 cm³/mol. The van der Waals surface area contributed by atoms with Crippen LogP contribution in [0.4, 0.5) is 8.78 Å². The molecule has 0 spiro atoms. The molecule has 1 fully saturated rings. The number of hydrogen-bond acceptors (Lipinski definition) is 6. The van der Waals surface area contributed by atoms with Crippen molar-refractivity contribution >= 4 is 33.4 Å². The van der Waals surface area contributed by atoms with Gasteiger partial charge in [0.15, 0.2) is 17.7 Å². The summed E-state index contributed by atoms with van der Waals surface area (Å²) in [7, 11) is -3.89. The van der Waals surface area contributed by atoms with Gasteiger partial charge in [-0.05, 0) is 43.3 Å².